The van der Waals surface area contributed by atoms with Gasteiger partial charge in [0.15, 0.2) is 0 Å². The molecular formula is C14H25NO4. The van der Waals surface area contributed by atoms with Gasteiger partial charge < -0.3 is 14.4 Å². The predicted octanol–water partition coefficient (Wildman–Crippen LogP) is 1.60. The Bertz CT molecular complexity index is 293. The third kappa shape index (κ3) is 6.05. The van der Waals surface area contributed by atoms with E-state index in [4.69, 9.17) is 9.47 Å². The van der Waals surface area contributed by atoms with Crippen LogP contribution in [-0.4, -0.2) is 49.7 Å². The number of nitrogens with zero attached hydrogens (tertiary/aromatic N) is 1. The summed E-state index contributed by atoms with van der Waals surface area (Å²) in [6.45, 7) is 7.12. The van der Waals surface area contributed by atoms with Gasteiger partial charge in [0.2, 0.25) is 0 Å². The zero-order valence-corrected chi connectivity index (χ0v) is 12.0. The van der Waals surface area contributed by atoms with Gasteiger partial charge in [-0.15, -0.1) is 0 Å². The fourth-order valence-corrected chi connectivity index (χ4v) is 2.39. The highest BCUT2D eigenvalue weighted by atomic mass is 16.5. The van der Waals surface area contributed by atoms with Crippen molar-refractivity contribution in [3.63, 3.8) is 0 Å². The van der Waals surface area contributed by atoms with Crippen molar-refractivity contribution in [3.05, 3.63) is 0 Å². The molecule has 5 nitrogen and oxygen atoms in total. The first kappa shape index (κ1) is 16.0. The molecule has 0 aromatic heterocycles. The van der Waals surface area contributed by atoms with E-state index < -0.39 is 0 Å². The van der Waals surface area contributed by atoms with Crippen LogP contribution in [0.2, 0.25) is 0 Å². The molecule has 5 heteroatoms. The van der Waals surface area contributed by atoms with E-state index in [0.29, 0.717) is 19.6 Å². The minimum Gasteiger partial charge on any atom is -0.466 e. The molecule has 1 rings (SSSR count). The van der Waals surface area contributed by atoms with E-state index >= 15 is 0 Å². The van der Waals surface area contributed by atoms with Crippen LogP contribution in [0.25, 0.3) is 0 Å². The summed E-state index contributed by atoms with van der Waals surface area (Å²) >= 11 is 0. The molecule has 1 aliphatic heterocycles. The van der Waals surface area contributed by atoms with Gasteiger partial charge in [-0.05, 0) is 46.2 Å². The Morgan fingerprint density at radius 3 is 2.63 bits per heavy atom. The Morgan fingerprint density at radius 1 is 1.21 bits per heavy atom. The van der Waals surface area contributed by atoms with Crippen LogP contribution in [0, 0.1) is 5.92 Å². The topological polar surface area (TPSA) is 55.8 Å². The maximum absolute atomic E-state index is 11.7. The summed E-state index contributed by atoms with van der Waals surface area (Å²) in [6.07, 6.45) is 3.17. The molecule has 1 atom stereocenters. The van der Waals surface area contributed by atoms with Crippen molar-refractivity contribution in [2.24, 2.45) is 5.92 Å². The van der Waals surface area contributed by atoms with Crippen LogP contribution in [-0.2, 0) is 19.1 Å². The third-order valence-electron chi connectivity index (χ3n) is 3.29. The Labute approximate surface area is 115 Å². The van der Waals surface area contributed by atoms with E-state index in [1.807, 2.05) is 13.8 Å². The molecule has 1 fully saturated rings. The number of hydrogen-bond donors (Lipinski definition) is 0. The number of carbonyl (C=O) groups is 2. The van der Waals surface area contributed by atoms with E-state index in [9.17, 15) is 9.59 Å². The molecule has 0 saturated carbocycles. The summed E-state index contributed by atoms with van der Waals surface area (Å²) in [7, 11) is 0. The summed E-state index contributed by atoms with van der Waals surface area (Å²) in [5, 5.41) is 0. The maximum atomic E-state index is 11.7. The van der Waals surface area contributed by atoms with E-state index in [2.05, 4.69) is 4.90 Å². The zero-order valence-electron chi connectivity index (χ0n) is 12.0. The second-order valence-corrected chi connectivity index (χ2v) is 4.80. The van der Waals surface area contributed by atoms with Crippen LogP contribution in [0.4, 0.5) is 0 Å². The van der Waals surface area contributed by atoms with Crippen molar-refractivity contribution >= 4 is 11.9 Å². The van der Waals surface area contributed by atoms with Crippen LogP contribution in [0.5, 0.6) is 0 Å². The van der Waals surface area contributed by atoms with Crippen molar-refractivity contribution in [1.82, 2.24) is 4.90 Å². The Balaban J connectivity index is 2.23. The number of piperidine rings is 1. The molecule has 1 saturated heterocycles. The molecule has 0 bridgehead atoms. The molecular weight excluding hydrogens is 246 g/mol. The number of likely N-dealkylation sites (tertiary alicyclic amines) is 1. The lowest BCUT2D eigenvalue weighted by atomic mass is 9.98. The lowest BCUT2D eigenvalue weighted by molar-refractivity contribution is -0.150. The largest absolute Gasteiger partial charge is 0.466 e. The summed E-state index contributed by atoms with van der Waals surface area (Å²) in [5.41, 5.74) is 0. The highest BCUT2D eigenvalue weighted by Crippen LogP contribution is 2.18. The molecule has 0 aromatic rings. The molecule has 0 spiro atoms. The average Bonchev–Trinajstić information content (AvgIpc) is 2.40. The molecule has 0 N–H and O–H groups in total. The zero-order chi connectivity index (χ0) is 14.1. The second-order valence-electron chi connectivity index (χ2n) is 4.80. The molecule has 1 heterocycles. The smallest absolute Gasteiger partial charge is 0.310 e. The van der Waals surface area contributed by atoms with Crippen LogP contribution in [0.3, 0.4) is 0 Å². The van der Waals surface area contributed by atoms with Gasteiger partial charge >= 0.3 is 11.9 Å². The predicted molar refractivity (Wildman–Crippen MR) is 71.7 cm³/mol. The highest BCUT2D eigenvalue weighted by molar-refractivity contribution is 5.72. The van der Waals surface area contributed by atoms with E-state index in [1.54, 1.807) is 0 Å². The van der Waals surface area contributed by atoms with Crippen molar-refractivity contribution in [1.29, 1.82) is 0 Å². The Hall–Kier alpha value is -1.10. The highest BCUT2D eigenvalue weighted by Gasteiger charge is 2.26. The van der Waals surface area contributed by atoms with Gasteiger partial charge in [-0.25, -0.2) is 0 Å². The molecule has 0 amide bonds. The van der Waals surface area contributed by atoms with E-state index in [1.165, 1.54) is 0 Å². The summed E-state index contributed by atoms with van der Waals surface area (Å²) < 4.78 is 9.96. The minimum atomic E-state index is -0.138. The maximum Gasteiger partial charge on any atom is 0.310 e. The van der Waals surface area contributed by atoms with Crippen molar-refractivity contribution in [3.8, 4) is 0 Å². The van der Waals surface area contributed by atoms with Gasteiger partial charge in [-0.2, -0.15) is 0 Å². The third-order valence-corrected chi connectivity index (χ3v) is 3.29. The van der Waals surface area contributed by atoms with E-state index in [0.717, 1.165) is 38.9 Å². The van der Waals surface area contributed by atoms with Crippen LogP contribution < -0.4 is 0 Å². The first-order valence-corrected chi connectivity index (χ1v) is 7.22. The average molecular weight is 271 g/mol. The SMILES string of the molecule is CCOC(=O)CCCN1CCCC(C(=O)OCC)C1. The van der Waals surface area contributed by atoms with Gasteiger partial charge in [0.25, 0.3) is 0 Å². The molecule has 1 unspecified atom stereocenters. The quantitative estimate of drug-likeness (QED) is 0.658. The van der Waals surface area contributed by atoms with Gasteiger partial charge in [0.1, 0.15) is 0 Å². The van der Waals surface area contributed by atoms with Crippen LogP contribution >= 0.6 is 0 Å². The number of carbonyl (C=O) groups excluding carboxylic acids is 2. The molecule has 19 heavy (non-hydrogen) atoms. The van der Waals surface area contributed by atoms with Gasteiger partial charge in [-0.3, -0.25) is 9.59 Å². The Morgan fingerprint density at radius 2 is 1.95 bits per heavy atom. The van der Waals surface area contributed by atoms with Crippen LogP contribution in [0.15, 0.2) is 0 Å². The fourth-order valence-electron chi connectivity index (χ4n) is 2.39. The van der Waals surface area contributed by atoms with Crippen LogP contribution in [0.1, 0.15) is 39.5 Å². The Kier molecular flexibility index (Phi) is 7.48. The first-order valence-electron chi connectivity index (χ1n) is 7.22. The molecule has 110 valence electrons. The summed E-state index contributed by atoms with van der Waals surface area (Å²) in [6, 6.07) is 0. The lowest BCUT2D eigenvalue weighted by Crippen LogP contribution is -2.39. The van der Waals surface area contributed by atoms with Gasteiger partial charge in [0, 0.05) is 13.0 Å². The van der Waals surface area contributed by atoms with Crippen molar-refractivity contribution in [2.45, 2.75) is 39.5 Å². The molecule has 0 radical (unpaired) electrons. The first-order chi connectivity index (χ1) is 9.17. The fraction of sp³-hybridized carbons (Fsp3) is 0.857. The van der Waals surface area contributed by atoms with E-state index in [-0.39, 0.29) is 17.9 Å². The summed E-state index contributed by atoms with van der Waals surface area (Å²) in [4.78, 5) is 25.2. The monoisotopic (exact) mass is 271 g/mol. The number of esters is 2. The second kappa shape index (κ2) is 8.91. The molecule has 0 aliphatic carbocycles. The standard InChI is InChI=1S/C14H25NO4/c1-3-18-13(16)8-6-10-15-9-5-7-12(11-15)14(17)19-4-2/h12H,3-11H2,1-2H3. The van der Waals surface area contributed by atoms with Crippen molar-refractivity contribution in [2.75, 3.05) is 32.8 Å². The van der Waals surface area contributed by atoms with Crippen molar-refractivity contribution < 1.29 is 19.1 Å². The minimum absolute atomic E-state index is 0.00343. The molecule has 0 aromatic carbocycles. The van der Waals surface area contributed by atoms with Gasteiger partial charge in [-0.1, -0.05) is 0 Å². The number of hydrogen-bond acceptors (Lipinski definition) is 5. The number of rotatable bonds is 7. The normalized spacial score (nSPS) is 20.0. The number of ether oxygens (including phenoxy) is 2. The molecule has 1 aliphatic rings. The van der Waals surface area contributed by atoms with Gasteiger partial charge in [0.05, 0.1) is 19.1 Å². The summed E-state index contributed by atoms with van der Waals surface area (Å²) in [5.74, 6) is -0.227. The lowest BCUT2D eigenvalue weighted by Gasteiger charge is -2.31.